The molecular weight excluding hydrogens is 390 g/mol. The Morgan fingerprint density at radius 1 is 1.26 bits per heavy atom. The Labute approximate surface area is 165 Å². The molecule has 0 aliphatic carbocycles. The number of fused-ring (bicyclic) bond motifs is 1. The molecule has 4 heterocycles. The second-order valence-corrected chi connectivity index (χ2v) is 7.29. The van der Waals surface area contributed by atoms with Crippen molar-refractivity contribution in [3.8, 4) is 32.8 Å². The Balaban J connectivity index is 0.00000180. The molecule has 0 spiro atoms. The predicted molar refractivity (Wildman–Crippen MR) is 102 cm³/mol. The number of nitrogens with zero attached hydrogens (tertiary/aromatic N) is 4. The smallest absolute Gasteiger partial charge is 0.269 e. The summed E-state index contributed by atoms with van der Waals surface area (Å²) in [5, 5.41) is 8.40. The minimum absolute atomic E-state index is 0. The Morgan fingerprint density at radius 3 is 3.04 bits per heavy atom. The lowest BCUT2D eigenvalue weighted by molar-refractivity contribution is 0.174. The molecule has 1 atom stereocenters. The van der Waals surface area contributed by atoms with Gasteiger partial charge in [-0.05, 0) is 25.2 Å². The summed E-state index contributed by atoms with van der Waals surface area (Å²) in [7, 11) is 2.08. The van der Waals surface area contributed by atoms with Crippen molar-refractivity contribution in [1.29, 1.82) is 0 Å². The third kappa shape index (κ3) is 3.39. The highest BCUT2D eigenvalue weighted by Gasteiger charge is 2.26. The van der Waals surface area contributed by atoms with Gasteiger partial charge in [0.25, 0.3) is 5.89 Å². The van der Waals surface area contributed by atoms with Gasteiger partial charge in [-0.1, -0.05) is 5.16 Å². The molecular formula is C17H18ClN5O3S. The van der Waals surface area contributed by atoms with Crippen LogP contribution in [0.5, 0.6) is 11.5 Å². The monoisotopic (exact) mass is 407 g/mol. The van der Waals surface area contributed by atoms with Crippen LogP contribution in [0.4, 0.5) is 0 Å². The number of hydrogen-bond donors (Lipinski definition) is 1. The fourth-order valence-electron chi connectivity index (χ4n) is 3.10. The molecule has 8 nitrogen and oxygen atoms in total. The minimum Gasteiger partial charge on any atom is -0.454 e. The van der Waals surface area contributed by atoms with Crippen LogP contribution < -0.4 is 14.8 Å². The lowest BCUT2D eigenvalue weighted by Crippen LogP contribution is -2.44. The fourth-order valence-corrected chi connectivity index (χ4v) is 3.93. The molecule has 1 saturated heterocycles. The van der Waals surface area contributed by atoms with Crippen LogP contribution in [0.1, 0.15) is 11.9 Å². The zero-order valence-corrected chi connectivity index (χ0v) is 16.2. The number of aromatic nitrogens is 3. The minimum atomic E-state index is 0. The maximum atomic E-state index is 5.49. The van der Waals surface area contributed by atoms with Crippen molar-refractivity contribution in [2.75, 3.05) is 33.5 Å². The summed E-state index contributed by atoms with van der Waals surface area (Å²) in [5.41, 5.74) is 0.974. The molecule has 2 aliphatic rings. The van der Waals surface area contributed by atoms with Gasteiger partial charge in [0.15, 0.2) is 17.3 Å². The Hall–Kier alpha value is -2.20. The number of benzene rings is 1. The van der Waals surface area contributed by atoms with E-state index >= 15 is 0 Å². The highest BCUT2D eigenvalue weighted by atomic mass is 35.5. The van der Waals surface area contributed by atoms with Crippen LogP contribution in [0, 0.1) is 0 Å². The van der Waals surface area contributed by atoms with Gasteiger partial charge in [-0.25, -0.2) is 4.98 Å². The van der Waals surface area contributed by atoms with E-state index in [-0.39, 0.29) is 25.2 Å². The topological polar surface area (TPSA) is 85.5 Å². The standard InChI is InChI=1S/C17H17N5O3S.ClH/c1-22-5-4-18-7-11(22)15-20-16(25-21-15)14-8-19-17(26-14)10-2-3-12-13(6-10)24-9-23-12;/h2-3,6,8,11,18H,4-5,7,9H2,1H3;1H. The van der Waals surface area contributed by atoms with Gasteiger partial charge in [0.2, 0.25) is 6.79 Å². The maximum absolute atomic E-state index is 5.49. The first-order valence-corrected chi connectivity index (χ1v) is 9.20. The van der Waals surface area contributed by atoms with Gasteiger partial charge in [0.1, 0.15) is 9.88 Å². The van der Waals surface area contributed by atoms with Gasteiger partial charge in [0, 0.05) is 25.2 Å². The Kier molecular flexibility index (Phi) is 5.00. The number of ether oxygens (including phenoxy) is 2. The highest BCUT2D eigenvalue weighted by molar-refractivity contribution is 7.18. The molecule has 0 saturated carbocycles. The Bertz CT molecular complexity index is 946. The van der Waals surface area contributed by atoms with E-state index in [1.807, 2.05) is 18.2 Å². The molecule has 27 heavy (non-hydrogen) atoms. The molecule has 142 valence electrons. The lowest BCUT2D eigenvalue weighted by Gasteiger charge is -2.30. The first kappa shape index (κ1) is 18.2. The molecule has 0 bridgehead atoms. The number of thiazole rings is 1. The van der Waals surface area contributed by atoms with E-state index < -0.39 is 0 Å². The molecule has 0 radical (unpaired) electrons. The first-order chi connectivity index (χ1) is 12.8. The van der Waals surface area contributed by atoms with E-state index in [4.69, 9.17) is 14.0 Å². The number of rotatable bonds is 3. The van der Waals surface area contributed by atoms with Crippen molar-refractivity contribution in [3.63, 3.8) is 0 Å². The van der Waals surface area contributed by atoms with Crippen LogP contribution in [-0.2, 0) is 0 Å². The average molecular weight is 408 g/mol. The summed E-state index contributed by atoms with van der Waals surface area (Å²) < 4.78 is 16.3. The molecule has 1 N–H and O–H groups in total. The van der Waals surface area contributed by atoms with Crippen molar-refractivity contribution >= 4 is 23.7 Å². The number of nitrogens with one attached hydrogen (secondary N) is 1. The highest BCUT2D eigenvalue weighted by Crippen LogP contribution is 2.38. The zero-order valence-electron chi connectivity index (χ0n) is 14.5. The quantitative estimate of drug-likeness (QED) is 0.709. The van der Waals surface area contributed by atoms with Crippen molar-refractivity contribution in [1.82, 2.24) is 25.3 Å². The molecule has 10 heteroatoms. The fraction of sp³-hybridized carbons (Fsp3) is 0.353. The van der Waals surface area contributed by atoms with E-state index in [0.29, 0.717) is 11.7 Å². The number of piperazine rings is 1. The molecule has 2 aliphatic heterocycles. The maximum Gasteiger partial charge on any atom is 0.269 e. The molecule has 1 unspecified atom stereocenters. The zero-order chi connectivity index (χ0) is 17.5. The lowest BCUT2D eigenvalue weighted by atomic mass is 10.2. The normalized spacial score (nSPS) is 19.1. The van der Waals surface area contributed by atoms with Gasteiger partial charge in [0.05, 0.1) is 12.2 Å². The van der Waals surface area contributed by atoms with E-state index in [1.165, 1.54) is 11.3 Å². The molecule has 0 amide bonds. The van der Waals surface area contributed by atoms with Crippen molar-refractivity contribution in [2.45, 2.75) is 6.04 Å². The summed E-state index contributed by atoms with van der Waals surface area (Å²) in [6, 6.07) is 5.93. The van der Waals surface area contributed by atoms with E-state index in [2.05, 4.69) is 32.4 Å². The third-order valence-electron chi connectivity index (χ3n) is 4.59. The summed E-state index contributed by atoms with van der Waals surface area (Å²) in [6.45, 7) is 3.02. The molecule has 2 aromatic heterocycles. The van der Waals surface area contributed by atoms with Gasteiger partial charge in [-0.2, -0.15) is 4.98 Å². The molecule has 5 rings (SSSR count). The van der Waals surface area contributed by atoms with Crippen molar-refractivity contribution in [3.05, 3.63) is 30.2 Å². The summed E-state index contributed by atoms with van der Waals surface area (Å²) in [5.74, 6) is 2.71. The SMILES string of the molecule is CN1CCNCC1c1noc(-c2cnc(-c3ccc4c(c3)OCO4)s2)n1.Cl. The van der Waals surface area contributed by atoms with Gasteiger partial charge >= 0.3 is 0 Å². The summed E-state index contributed by atoms with van der Waals surface area (Å²) in [4.78, 5) is 12.2. The van der Waals surface area contributed by atoms with Crippen LogP contribution in [0.3, 0.4) is 0 Å². The van der Waals surface area contributed by atoms with Crippen LogP contribution in [-0.4, -0.2) is 53.5 Å². The third-order valence-corrected chi connectivity index (χ3v) is 5.62. The van der Waals surface area contributed by atoms with Gasteiger partial charge in [-0.15, -0.1) is 23.7 Å². The number of likely N-dealkylation sites (N-methyl/N-ethyl adjacent to an activating group) is 1. The van der Waals surface area contributed by atoms with E-state index in [0.717, 1.165) is 46.6 Å². The second kappa shape index (κ2) is 7.43. The largest absolute Gasteiger partial charge is 0.454 e. The summed E-state index contributed by atoms with van der Waals surface area (Å²) >= 11 is 1.51. The van der Waals surface area contributed by atoms with Gasteiger partial charge < -0.3 is 19.3 Å². The average Bonchev–Trinajstić information content (AvgIpc) is 3.40. The van der Waals surface area contributed by atoms with Crippen molar-refractivity contribution < 1.29 is 14.0 Å². The van der Waals surface area contributed by atoms with Gasteiger partial charge in [-0.3, -0.25) is 4.90 Å². The number of hydrogen-bond acceptors (Lipinski definition) is 9. The van der Waals surface area contributed by atoms with Crippen molar-refractivity contribution in [2.24, 2.45) is 0 Å². The molecule has 1 aromatic carbocycles. The van der Waals surface area contributed by atoms with E-state index in [1.54, 1.807) is 6.20 Å². The molecule has 3 aromatic rings. The number of halogens is 1. The summed E-state index contributed by atoms with van der Waals surface area (Å²) in [6.07, 6.45) is 1.77. The van der Waals surface area contributed by atoms with Crippen LogP contribution in [0.2, 0.25) is 0 Å². The van der Waals surface area contributed by atoms with Crippen LogP contribution in [0.15, 0.2) is 28.9 Å². The molecule has 1 fully saturated rings. The predicted octanol–water partition coefficient (Wildman–Crippen LogP) is 2.59. The Morgan fingerprint density at radius 2 is 2.15 bits per heavy atom. The van der Waals surface area contributed by atoms with Crippen LogP contribution >= 0.6 is 23.7 Å². The second-order valence-electron chi connectivity index (χ2n) is 6.26. The van der Waals surface area contributed by atoms with Crippen LogP contribution in [0.25, 0.3) is 21.3 Å². The first-order valence-electron chi connectivity index (χ1n) is 8.39. The van der Waals surface area contributed by atoms with E-state index in [9.17, 15) is 0 Å².